The molecule has 0 radical (unpaired) electrons. The quantitative estimate of drug-likeness (QED) is 0.522. The molecule has 1 aromatic rings. The Morgan fingerprint density at radius 1 is 1.67 bits per heavy atom. The van der Waals surface area contributed by atoms with Crippen LogP contribution in [0.2, 0.25) is 5.02 Å². The molecule has 0 fully saturated rings. The van der Waals surface area contributed by atoms with Crippen LogP contribution in [-0.4, -0.2) is 9.91 Å². The third-order valence-corrected chi connectivity index (χ3v) is 1.52. The number of pyridine rings is 1. The summed E-state index contributed by atoms with van der Waals surface area (Å²) in [6.07, 6.45) is 5.10. The maximum Gasteiger partial charge on any atom is 0.235 e. The molecular weight excluding hydrogens is 180 g/mol. The van der Waals surface area contributed by atoms with Crippen LogP contribution in [-0.2, 0) is 0 Å². The normalized spacial score (nSPS) is 10.4. The topological polar surface area (TPSA) is 56.0 Å². The highest BCUT2D eigenvalue weighted by Crippen LogP contribution is 2.14. The molecule has 0 aliphatic heterocycles. The predicted octanol–water partition coefficient (Wildman–Crippen LogP) is 1.98. The molecule has 1 aromatic heterocycles. The minimum atomic E-state index is -0.552. The maximum atomic E-state index is 9.94. The van der Waals surface area contributed by atoms with E-state index in [4.69, 9.17) is 11.6 Å². The average molecular weight is 185 g/mol. The molecule has 0 aromatic carbocycles. The number of halogens is 1. The van der Waals surface area contributed by atoms with Gasteiger partial charge in [-0.25, -0.2) is 0 Å². The Balaban J connectivity index is 2.89. The van der Waals surface area contributed by atoms with Crippen LogP contribution in [0.5, 0.6) is 0 Å². The van der Waals surface area contributed by atoms with Crippen LogP contribution in [0.1, 0.15) is 5.56 Å². The van der Waals surface area contributed by atoms with Crippen molar-refractivity contribution < 1.29 is 4.92 Å². The third-order valence-electron chi connectivity index (χ3n) is 1.17. The lowest BCUT2D eigenvalue weighted by molar-refractivity contribution is -0.400. The van der Waals surface area contributed by atoms with Gasteiger partial charge in [0.25, 0.3) is 0 Å². The highest BCUT2D eigenvalue weighted by atomic mass is 35.5. The monoisotopic (exact) mass is 184 g/mol. The zero-order valence-electron chi connectivity index (χ0n) is 5.98. The standard InChI is InChI=1S/C7H5ClN2O2/c8-7-1-3-9-5-6(7)2-4-10(11)12/h1-5H/b4-2+. The first-order chi connectivity index (χ1) is 5.70. The Morgan fingerprint density at radius 2 is 2.42 bits per heavy atom. The van der Waals surface area contributed by atoms with Crippen LogP contribution >= 0.6 is 11.6 Å². The van der Waals surface area contributed by atoms with Gasteiger partial charge in [0.1, 0.15) is 0 Å². The molecule has 4 nitrogen and oxygen atoms in total. The van der Waals surface area contributed by atoms with Crippen molar-refractivity contribution in [1.82, 2.24) is 4.98 Å². The summed E-state index contributed by atoms with van der Waals surface area (Å²) < 4.78 is 0. The lowest BCUT2D eigenvalue weighted by Gasteiger charge is -1.92. The van der Waals surface area contributed by atoms with Gasteiger partial charge in [0.2, 0.25) is 6.20 Å². The fourth-order valence-corrected chi connectivity index (χ4v) is 0.822. The molecule has 1 heterocycles. The lowest BCUT2D eigenvalue weighted by Crippen LogP contribution is -1.83. The van der Waals surface area contributed by atoms with Crippen molar-refractivity contribution in [3.63, 3.8) is 0 Å². The Hall–Kier alpha value is -1.42. The number of rotatable bonds is 2. The van der Waals surface area contributed by atoms with Gasteiger partial charge in [-0.3, -0.25) is 15.1 Å². The minimum Gasteiger partial charge on any atom is -0.264 e. The molecule has 5 heteroatoms. The van der Waals surface area contributed by atoms with Gasteiger partial charge >= 0.3 is 0 Å². The van der Waals surface area contributed by atoms with Crippen LogP contribution in [0.4, 0.5) is 0 Å². The van der Waals surface area contributed by atoms with Crippen molar-refractivity contribution >= 4 is 17.7 Å². The third kappa shape index (κ3) is 2.32. The second-order valence-electron chi connectivity index (χ2n) is 2.00. The van der Waals surface area contributed by atoms with E-state index in [-0.39, 0.29) is 0 Å². The van der Waals surface area contributed by atoms with Gasteiger partial charge in [-0.15, -0.1) is 0 Å². The van der Waals surface area contributed by atoms with E-state index >= 15 is 0 Å². The van der Waals surface area contributed by atoms with E-state index in [0.29, 0.717) is 10.6 Å². The molecule has 1 rings (SSSR count). The number of hydrogen-bond acceptors (Lipinski definition) is 3. The molecule has 0 spiro atoms. The van der Waals surface area contributed by atoms with Crippen LogP contribution < -0.4 is 0 Å². The second kappa shape index (κ2) is 3.82. The Bertz CT molecular complexity index is 325. The van der Waals surface area contributed by atoms with Crippen LogP contribution in [0.15, 0.2) is 24.7 Å². The van der Waals surface area contributed by atoms with E-state index in [9.17, 15) is 10.1 Å². The van der Waals surface area contributed by atoms with E-state index in [2.05, 4.69) is 4.98 Å². The van der Waals surface area contributed by atoms with Gasteiger partial charge in [-0.2, -0.15) is 0 Å². The molecule has 0 aliphatic carbocycles. The van der Waals surface area contributed by atoms with E-state index in [0.717, 1.165) is 6.20 Å². The van der Waals surface area contributed by atoms with Gasteiger partial charge < -0.3 is 0 Å². The number of aromatic nitrogens is 1. The number of nitrogens with zero attached hydrogens (tertiary/aromatic N) is 2. The van der Waals surface area contributed by atoms with E-state index in [1.807, 2.05) is 0 Å². The summed E-state index contributed by atoms with van der Waals surface area (Å²) in [6.45, 7) is 0. The molecule has 62 valence electrons. The van der Waals surface area contributed by atoms with Crippen molar-refractivity contribution in [1.29, 1.82) is 0 Å². The predicted molar refractivity (Wildman–Crippen MR) is 45.3 cm³/mol. The summed E-state index contributed by atoms with van der Waals surface area (Å²) in [5.41, 5.74) is 0.538. The summed E-state index contributed by atoms with van der Waals surface area (Å²) in [7, 11) is 0. The lowest BCUT2D eigenvalue weighted by atomic mass is 10.3. The Morgan fingerprint density at radius 3 is 3.00 bits per heavy atom. The van der Waals surface area contributed by atoms with Gasteiger partial charge in [-0.1, -0.05) is 11.6 Å². The van der Waals surface area contributed by atoms with Crippen molar-refractivity contribution in [3.8, 4) is 0 Å². The van der Waals surface area contributed by atoms with E-state index in [1.165, 1.54) is 18.5 Å². The van der Waals surface area contributed by atoms with E-state index in [1.54, 1.807) is 6.07 Å². The molecule has 12 heavy (non-hydrogen) atoms. The van der Waals surface area contributed by atoms with Crippen LogP contribution in [0.3, 0.4) is 0 Å². The van der Waals surface area contributed by atoms with Crippen molar-refractivity contribution in [2.45, 2.75) is 0 Å². The molecule has 0 unspecified atom stereocenters. The fraction of sp³-hybridized carbons (Fsp3) is 0. The van der Waals surface area contributed by atoms with Gasteiger partial charge in [0.05, 0.1) is 9.95 Å². The van der Waals surface area contributed by atoms with Crippen molar-refractivity contribution in [3.05, 3.63) is 45.4 Å². The Labute approximate surface area is 73.6 Å². The minimum absolute atomic E-state index is 0.447. The molecular formula is C7H5ClN2O2. The number of nitro groups is 1. The SMILES string of the molecule is O=[N+]([O-])/C=C/c1cnccc1Cl. The molecule has 0 saturated heterocycles. The Kier molecular flexibility index (Phi) is 2.76. The highest BCUT2D eigenvalue weighted by molar-refractivity contribution is 6.31. The zero-order valence-corrected chi connectivity index (χ0v) is 6.73. The van der Waals surface area contributed by atoms with Gasteiger partial charge in [0, 0.05) is 24.0 Å². The van der Waals surface area contributed by atoms with Crippen molar-refractivity contribution in [2.24, 2.45) is 0 Å². The average Bonchev–Trinajstić information content (AvgIpc) is 2.03. The zero-order chi connectivity index (χ0) is 8.97. The van der Waals surface area contributed by atoms with Gasteiger partial charge in [0.15, 0.2) is 0 Å². The molecule has 0 aliphatic rings. The van der Waals surface area contributed by atoms with Crippen LogP contribution in [0.25, 0.3) is 6.08 Å². The number of hydrogen-bond donors (Lipinski definition) is 0. The first-order valence-corrected chi connectivity index (χ1v) is 3.49. The van der Waals surface area contributed by atoms with Crippen molar-refractivity contribution in [2.75, 3.05) is 0 Å². The summed E-state index contributed by atoms with van der Waals surface area (Å²) in [4.78, 5) is 13.2. The maximum absolute atomic E-state index is 9.94. The molecule has 0 bridgehead atoms. The molecule has 0 saturated carbocycles. The molecule has 0 atom stereocenters. The smallest absolute Gasteiger partial charge is 0.235 e. The summed E-state index contributed by atoms with van der Waals surface area (Å²) in [6, 6.07) is 1.57. The second-order valence-corrected chi connectivity index (χ2v) is 2.41. The highest BCUT2D eigenvalue weighted by Gasteiger charge is 1.95. The largest absolute Gasteiger partial charge is 0.264 e. The molecule has 0 amide bonds. The van der Waals surface area contributed by atoms with Crippen LogP contribution in [0, 0.1) is 10.1 Å². The molecule has 0 N–H and O–H groups in total. The first kappa shape index (κ1) is 8.67. The first-order valence-electron chi connectivity index (χ1n) is 3.11. The summed E-state index contributed by atoms with van der Waals surface area (Å²) in [5.74, 6) is 0. The van der Waals surface area contributed by atoms with Gasteiger partial charge in [-0.05, 0) is 6.07 Å². The fourth-order valence-electron chi connectivity index (χ4n) is 0.653. The van der Waals surface area contributed by atoms with E-state index < -0.39 is 4.92 Å². The summed E-state index contributed by atoms with van der Waals surface area (Å²) in [5, 5.41) is 10.4. The summed E-state index contributed by atoms with van der Waals surface area (Å²) >= 11 is 5.69.